The molecule has 1 aliphatic rings. The SMILES string of the molecule is CC1CCN(C(=O)Nc2ccccc2OC(C)c2ccccc2)C1. The average molecular weight is 324 g/mol. The quantitative estimate of drug-likeness (QED) is 0.885. The van der Waals surface area contributed by atoms with E-state index in [4.69, 9.17) is 4.74 Å². The third-order valence-electron chi connectivity index (χ3n) is 4.41. The Bertz CT molecular complexity index is 687. The maximum atomic E-state index is 12.4. The van der Waals surface area contributed by atoms with Gasteiger partial charge in [-0.3, -0.25) is 0 Å². The first kappa shape index (κ1) is 16.4. The van der Waals surface area contributed by atoms with Crippen molar-refractivity contribution in [3.8, 4) is 5.75 Å². The van der Waals surface area contributed by atoms with Crippen LogP contribution < -0.4 is 10.1 Å². The van der Waals surface area contributed by atoms with Crippen LogP contribution >= 0.6 is 0 Å². The fourth-order valence-corrected chi connectivity index (χ4v) is 2.97. The fourth-order valence-electron chi connectivity index (χ4n) is 2.97. The van der Waals surface area contributed by atoms with Gasteiger partial charge in [0.05, 0.1) is 5.69 Å². The van der Waals surface area contributed by atoms with Gasteiger partial charge in [0.25, 0.3) is 0 Å². The average Bonchev–Trinajstić information content (AvgIpc) is 3.04. The van der Waals surface area contributed by atoms with Crippen LogP contribution in [0.2, 0.25) is 0 Å². The molecule has 4 heteroatoms. The zero-order valence-corrected chi connectivity index (χ0v) is 14.2. The lowest BCUT2D eigenvalue weighted by atomic mass is 10.1. The highest BCUT2D eigenvalue weighted by Crippen LogP contribution is 2.29. The molecular weight excluding hydrogens is 300 g/mol. The Morgan fingerprint density at radius 2 is 1.88 bits per heavy atom. The molecule has 0 aromatic heterocycles. The number of carbonyl (C=O) groups excluding carboxylic acids is 1. The van der Waals surface area contributed by atoms with E-state index in [-0.39, 0.29) is 12.1 Å². The molecule has 126 valence electrons. The molecule has 2 aromatic rings. The summed E-state index contributed by atoms with van der Waals surface area (Å²) in [7, 11) is 0. The molecule has 2 atom stereocenters. The number of benzene rings is 2. The van der Waals surface area contributed by atoms with Crippen LogP contribution in [-0.4, -0.2) is 24.0 Å². The summed E-state index contributed by atoms with van der Waals surface area (Å²) in [6.07, 6.45) is 0.979. The first-order valence-corrected chi connectivity index (χ1v) is 8.50. The molecule has 2 unspecified atom stereocenters. The first-order valence-electron chi connectivity index (χ1n) is 8.50. The number of likely N-dealkylation sites (tertiary alicyclic amines) is 1. The Morgan fingerprint density at radius 1 is 1.17 bits per heavy atom. The number of nitrogens with one attached hydrogen (secondary N) is 1. The zero-order chi connectivity index (χ0) is 16.9. The van der Waals surface area contributed by atoms with E-state index in [1.54, 1.807) is 0 Å². The van der Waals surface area contributed by atoms with E-state index in [1.807, 2.05) is 66.4 Å². The number of ether oxygens (including phenoxy) is 1. The van der Waals surface area contributed by atoms with E-state index < -0.39 is 0 Å². The van der Waals surface area contributed by atoms with Crippen LogP contribution in [0.3, 0.4) is 0 Å². The van der Waals surface area contributed by atoms with Crippen molar-refractivity contribution in [3.05, 3.63) is 60.2 Å². The molecular formula is C20H24N2O2. The lowest BCUT2D eigenvalue weighted by Crippen LogP contribution is -2.32. The zero-order valence-electron chi connectivity index (χ0n) is 14.2. The second-order valence-electron chi connectivity index (χ2n) is 6.44. The molecule has 0 radical (unpaired) electrons. The molecule has 2 aromatic carbocycles. The molecule has 0 spiro atoms. The number of anilines is 1. The van der Waals surface area contributed by atoms with Gasteiger partial charge in [-0.15, -0.1) is 0 Å². The summed E-state index contributed by atoms with van der Waals surface area (Å²) in [6.45, 7) is 5.81. The largest absolute Gasteiger partial charge is 0.484 e. The number of carbonyl (C=O) groups is 1. The molecule has 1 aliphatic heterocycles. The van der Waals surface area contributed by atoms with Crippen molar-refractivity contribution in [3.63, 3.8) is 0 Å². The first-order chi connectivity index (χ1) is 11.6. The van der Waals surface area contributed by atoms with Crippen molar-refractivity contribution >= 4 is 11.7 Å². The molecule has 24 heavy (non-hydrogen) atoms. The van der Waals surface area contributed by atoms with Crippen LogP contribution in [0.4, 0.5) is 10.5 Å². The Balaban J connectivity index is 1.70. The Morgan fingerprint density at radius 3 is 2.58 bits per heavy atom. The van der Waals surface area contributed by atoms with Gasteiger partial charge in [0.15, 0.2) is 0 Å². The lowest BCUT2D eigenvalue weighted by Gasteiger charge is -2.20. The van der Waals surface area contributed by atoms with Crippen molar-refractivity contribution in [2.24, 2.45) is 5.92 Å². The molecule has 1 fully saturated rings. The van der Waals surface area contributed by atoms with Crippen molar-refractivity contribution < 1.29 is 9.53 Å². The number of nitrogens with zero attached hydrogens (tertiary/aromatic N) is 1. The fraction of sp³-hybridized carbons (Fsp3) is 0.350. The summed E-state index contributed by atoms with van der Waals surface area (Å²) in [5, 5.41) is 2.99. The minimum atomic E-state index is -0.0870. The van der Waals surface area contributed by atoms with Crippen LogP contribution in [0.25, 0.3) is 0 Å². The molecule has 0 aliphatic carbocycles. The van der Waals surface area contributed by atoms with Gasteiger partial charge in [0.1, 0.15) is 11.9 Å². The number of hydrogen-bond donors (Lipinski definition) is 1. The predicted octanol–water partition coefficient (Wildman–Crippen LogP) is 4.70. The van der Waals surface area contributed by atoms with Gasteiger partial charge in [0, 0.05) is 13.1 Å². The number of rotatable bonds is 4. The van der Waals surface area contributed by atoms with Gasteiger partial charge >= 0.3 is 6.03 Å². The number of para-hydroxylation sites is 2. The summed E-state index contributed by atoms with van der Waals surface area (Å²) >= 11 is 0. The van der Waals surface area contributed by atoms with Gasteiger partial charge in [-0.05, 0) is 37.0 Å². The van der Waals surface area contributed by atoms with Crippen molar-refractivity contribution in [1.82, 2.24) is 4.90 Å². The molecule has 4 nitrogen and oxygen atoms in total. The third-order valence-corrected chi connectivity index (χ3v) is 4.41. The van der Waals surface area contributed by atoms with Gasteiger partial charge in [-0.1, -0.05) is 49.4 Å². The summed E-state index contributed by atoms with van der Waals surface area (Å²) in [5.74, 6) is 1.26. The Hall–Kier alpha value is -2.49. The number of hydrogen-bond acceptors (Lipinski definition) is 2. The summed E-state index contributed by atoms with van der Waals surface area (Å²) < 4.78 is 6.08. The topological polar surface area (TPSA) is 41.6 Å². The van der Waals surface area contributed by atoms with Gasteiger partial charge in [-0.2, -0.15) is 0 Å². The minimum absolute atomic E-state index is 0.0530. The van der Waals surface area contributed by atoms with Crippen molar-refractivity contribution in [2.45, 2.75) is 26.4 Å². The number of amides is 2. The number of urea groups is 1. The molecule has 0 saturated carbocycles. The van der Waals surface area contributed by atoms with E-state index in [1.165, 1.54) is 0 Å². The predicted molar refractivity (Wildman–Crippen MR) is 96.3 cm³/mol. The summed E-state index contributed by atoms with van der Waals surface area (Å²) in [4.78, 5) is 14.3. The normalized spacial score (nSPS) is 18.2. The van der Waals surface area contributed by atoms with E-state index in [0.717, 1.165) is 25.1 Å². The standard InChI is InChI=1S/C20H24N2O2/c1-15-12-13-22(14-15)20(23)21-18-10-6-7-11-19(18)24-16(2)17-8-4-3-5-9-17/h3-11,15-16H,12-14H2,1-2H3,(H,21,23). The van der Waals surface area contributed by atoms with Crippen molar-refractivity contribution in [2.75, 3.05) is 18.4 Å². The monoisotopic (exact) mass is 324 g/mol. The highest BCUT2D eigenvalue weighted by molar-refractivity contribution is 5.91. The van der Waals surface area contributed by atoms with Crippen LogP contribution in [0.15, 0.2) is 54.6 Å². The Kier molecular flexibility index (Phi) is 5.04. The van der Waals surface area contributed by atoms with E-state index in [9.17, 15) is 4.79 Å². The second-order valence-corrected chi connectivity index (χ2v) is 6.44. The molecule has 0 bridgehead atoms. The molecule has 1 heterocycles. The van der Waals surface area contributed by atoms with Crippen LogP contribution in [0, 0.1) is 5.92 Å². The lowest BCUT2D eigenvalue weighted by molar-refractivity contribution is 0.218. The smallest absolute Gasteiger partial charge is 0.321 e. The second kappa shape index (κ2) is 7.39. The molecule has 2 amide bonds. The summed E-state index contributed by atoms with van der Waals surface area (Å²) in [5.41, 5.74) is 1.82. The van der Waals surface area contributed by atoms with Gasteiger partial charge < -0.3 is 15.0 Å². The summed E-state index contributed by atoms with van der Waals surface area (Å²) in [6, 6.07) is 17.6. The Labute approximate surface area is 143 Å². The molecule has 1 saturated heterocycles. The highest BCUT2D eigenvalue weighted by atomic mass is 16.5. The van der Waals surface area contributed by atoms with Crippen LogP contribution in [0.1, 0.15) is 31.9 Å². The van der Waals surface area contributed by atoms with Crippen molar-refractivity contribution in [1.29, 1.82) is 0 Å². The van der Waals surface area contributed by atoms with E-state index >= 15 is 0 Å². The van der Waals surface area contributed by atoms with Crippen LogP contribution in [0.5, 0.6) is 5.75 Å². The van der Waals surface area contributed by atoms with Gasteiger partial charge in [0.2, 0.25) is 0 Å². The van der Waals surface area contributed by atoms with Gasteiger partial charge in [-0.25, -0.2) is 4.79 Å². The third kappa shape index (κ3) is 3.88. The maximum absolute atomic E-state index is 12.4. The molecule has 3 rings (SSSR count). The van der Waals surface area contributed by atoms with Crippen LogP contribution in [-0.2, 0) is 0 Å². The molecule has 1 N–H and O–H groups in total. The maximum Gasteiger partial charge on any atom is 0.321 e. The van der Waals surface area contributed by atoms with E-state index in [2.05, 4.69) is 12.2 Å². The van der Waals surface area contributed by atoms with E-state index in [0.29, 0.717) is 17.4 Å². The minimum Gasteiger partial charge on any atom is -0.484 e. The highest BCUT2D eigenvalue weighted by Gasteiger charge is 2.24.